The molecule has 5 nitrogen and oxygen atoms in total. The van der Waals surface area contributed by atoms with E-state index in [0.717, 1.165) is 19.4 Å². The number of carbonyl (C=O) groups is 2. The van der Waals surface area contributed by atoms with Crippen molar-refractivity contribution in [3.05, 3.63) is 0 Å². The highest BCUT2D eigenvalue weighted by Gasteiger charge is 2.40. The molecule has 108 valence electrons. The first-order valence-electron chi connectivity index (χ1n) is 7.19. The van der Waals surface area contributed by atoms with Crippen LogP contribution in [0.4, 0.5) is 0 Å². The van der Waals surface area contributed by atoms with Crippen LogP contribution in [-0.2, 0) is 14.3 Å². The van der Waals surface area contributed by atoms with E-state index >= 15 is 0 Å². The van der Waals surface area contributed by atoms with Crippen LogP contribution in [0.15, 0.2) is 0 Å². The minimum Gasteiger partial charge on any atom is -0.381 e. The molecule has 0 saturated carbocycles. The molecule has 3 atom stereocenters. The summed E-state index contributed by atoms with van der Waals surface area (Å²) >= 11 is 0. The van der Waals surface area contributed by atoms with Crippen molar-refractivity contribution < 1.29 is 14.3 Å². The second kappa shape index (κ2) is 5.90. The molecule has 3 unspecified atom stereocenters. The summed E-state index contributed by atoms with van der Waals surface area (Å²) in [6.07, 6.45) is 2.12. The predicted octanol–water partition coefficient (Wildman–Crippen LogP) is 0.784. The van der Waals surface area contributed by atoms with Gasteiger partial charge in [-0.25, -0.2) is 0 Å². The van der Waals surface area contributed by atoms with Gasteiger partial charge in [0.25, 0.3) is 0 Å². The van der Waals surface area contributed by atoms with E-state index in [0.29, 0.717) is 19.1 Å². The number of rotatable bonds is 3. The fourth-order valence-electron chi connectivity index (χ4n) is 2.78. The summed E-state index contributed by atoms with van der Waals surface area (Å²) in [5.41, 5.74) is 0. The van der Waals surface area contributed by atoms with E-state index < -0.39 is 0 Å². The van der Waals surface area contributed by atoms with Crippen LogP contribution in [0, 0.1) is 11.8 Å². The highest BCUT2D eigenvalue weighted by molar-refractivity contribution is 5.96. The van der Waals surface area contributed by atoms with Gasteiger partial charge >= 0.3 is 0 Å². The maximum atomic E-state index is 12.5. The van der Waals surface area contributed by atoms with Gasteiger partial charge < -0.3 is 15.0 Å². The van der Waals surface area contributed by atoms with Gasteiger partial charge in [0.1, 0.15) is 12.1 Å². The zero-order valence-electron chi connectivity index (χ0n) is 12.0. The summed E-state index contributed by atoms with van der Waals surface area (Å²) < 4.78 is 5.46. The molecule has 0 aromatic rings. The minimum absolute atomic E-state index is 0.0463. The lowest BCUT2D eigenvalue weighted by molar-refractivity contribution is -0.151. The average molecular weight is 268 g/mol. The maximum absolute atomic E-state index is 12.5. The third-order valence-corrected chi connectivity index (χ3v) is 4.07. The second-order valence-corrected chi connectivity index (χ2v) is 5.98. The SMILES string of the molecule is CC(C)C1NC(=O)C(C)N(CC2CCCOC2)C1=O. The molecule has 0 aromatic carbocycles. The van der Waals surface area contributed by atoms with E-state index in [4.69, 9.17) is 4.74 Å². The van der Waals surface area contributed by atoms with Gasteiger partial charge in [-0.05, 0) is 31.6 Å². The van der Waals surface area contributed by atoms with Crippen LogP contribution >= 0.6 is 0 Å². The van der Waals surface area contributed by atoms with Crippen LogP contribution in [0.3, 0.4) is 0 Å². The second-order valence-electron chi connectivity index (χ2n) is 5.98. The van der Waals surface area contributed by atoms with Crippen LogP contribution in [0.25, 0.3) is 0 Å². The zero-order valence-corrected chi connectivity index (χ0v) is 12.0. The number of nitrogens with one attached hydrogen (secondary N) is 1. The molecular formula is C14H24N2O3. The van der Waals surface area contributed by atoms with Gasteiger partial charge in [0.15, 0.2) is 0 Å². The third kappa shape index (κ3) is 3.08. The van der Waals surface area contributed by atoms with Gasteiger partial charge in [-0.3, -0.25) is 9.59 Å². The predicted molar refractivity (Wildman–Crippen MR) is 71.5 cm³/mol. The van der Waals surface area contributed by atoms with E-state index in [1.807, 2.05) is 13.8 Å². The van der Waals surface area contributed by atoms with Gasteiger partial charge in [0, 0.05) is 13.2 Å². The van der Waals surface area contributed by atoms with Crippen molar-refractivity contribution in [3.63, 3.8) is 0 Å². The molecular weight excluding hydrogens is 244 g/mol. The standard InChI is InChI=1S/C14H24N2O3/c1-9(2)12-14(18)16(10(3)13(17)15-12)7-11-5-4-6-19-8-11/h9-12H,4-8H2,1-3H3,(H,15,17). The Balaban J connectivity index is 2.06. The van der Waals surface area contributed by atoms with E-state index in [9.17, 15) is 9.59 Å². The van der Waals surface area contributed by atoms with Crippen molar-refractivity contribution >= 4 is 11.8 Å². The highest BCUT2D eigenvalue weighted by atomic mass is 16.5. The fraction of sp³-hybridized carbons (Fsp3) is 0.857. The third-order valence-electron chi connectivity index (χ3n) is 4.07. The summed E-state index contributed by atoms with van der Waals surface area (Å²) in [5.74, 6) is 0.482. The summed E-state index contributed by atoms with van der Waals surface area (Å²) in [6, 6.07) is -0.752. The lowest BCUT2D eigenvalue weighted by Gasteiger charge is -2.40. The molecule has 0 spiro atoms. The number of hydrogen-bond donors (Lipinski definition) is 1. The largest absolute Gasteiger partial charge is 0.381 e. The summed E-state index contributed by atoms with van der Waals surface area (Å²) in [6.45, 7) is 7.87. The molecule has 2 rings (SSSR count). The van der Waals surface area contributed by atoms with Crippen molar-refractivity contribution in [1.82, 2.24) is 10.2 Å². The quantitative estimate of drug-likeness (QED) is 0.823. The highest BCUT2D eigenvalue weighted by Crippen LogP contribution is 2.20. The Morgan fingerprint density at radius 1 is 1.42 bits per heavy atom. The lowest BCUT2D eigenvalue weighted by atomic mass is 9.95. The Bertz CT molecular complexity index is 351. The molecule has 2 saturated heterocycles. The molecule has 1 N–H and O–H groups in total. The molecule has 5 heteroatoms. The summed E-state index contributed by atoms with van der Waals surface area (Å²) in [7, 11) is 0. The first kappa shape index (κ1) is 14.3. The summed E-state index contributed by atoms with van der Waals surface area (Å²) in [5, 5.41) is 2.82. The van der Waals surface area contributed by atoms with Crippen LogP contribution in [0.5, 0.6) is 0 Å². The number of ether oxygens (including phenoxy) is 1. The van der Waals surface area contributed by atoms with Crippen LogP contribution in [-0.4, -0.2) is 48.6 Å². The summed E-state index contributed by atoms with van der Waals surface area (Å²) in [4.78, 5) is 26.2. The molecule has 2 heterocycles. The Labute approximate surface area is 114 Å². The molecule has 2 amide bonds. The van der Waals surface area contributed by atoms with Crippen molar-refractivity contribution in [1.29, 1.82) is 0 Å². The van der Waals surface area contributed by atoms with Gasteiger partial charge in [0.2, 0.25) is 11.8 Å². The number of carbonyl (C=O) groups excluding carboxylic acids is 2. The van der Waals surface area contributed by atoms with E-state index in [1.165, 1.54) is 0 Å². The Hall–Kier alpha value is -1.10. The number of piperazine rings is 1. The minimum atomic E-state index is -0.381. The van der Waals surface area contributed by atoms with Crippen molar-refractivity contribution in [3.8, 4) is 0 Å². The van der Waals surface area contributed by atoms with Gasteiger partial charge in [-0.1, -0.05) is 13.8 Å². The van der Waals surface area contributed by atoms with Crippen molar-refractivity contribution in [2.24, 2.45) is 11.8 Å². The normalized spacial score (nSPS) is 32.6. The molecule has 2 fully saturated rings. The molecule has 0 aromatic heterocycles. The topological polar surface area (TPSA) is 58.6 Å². The molecule has 0 bridgehead atoms. The number of hydrogen-bond acceptors (Lipinski definition) is 3. The molecule has 2 aliphatic heterocycles. The van der Waals surface area contributed by atoms with E-state index in [2.05, 4.69) is 5.32 Å². The van der Waals surface area contributed by atoms with Crippen LogP contribution in [0.1, 0.15) is 33.6 Å². The Morgan fingerprint density at radius 2 is 2.16 bits per heavy atom. The van der Waals surface area contributed by atoms with Crippen LogP contribution < -0.4 is 5.32 Å². The van der Waals surface area contributed by atoms with E-state index in [-0.39, 0.29) is 29.8 Å². The molecule has 0 radical (unpaired) electrons. The maximum Gasteiger partial charge on any atom is 0.246 e. The first-order chi connectivity index (χ1) is 9.00. The molecule has 2 aliphatic rings. The molecule has 0 aliphatic carbocycles. The first-order valence-corrected chi connectivity index (χ1v) is 7.19. The average Bonchev–Trinajstić information content (AvgIpc) is 2.40. The van der Waals surface area contributed by atoms with Crippen LogP contribution in [0.2, 0.25) is 0 Å². The van der Waals surface area contributed by atoms with Crippen molar-refractivity contribution in [2.45, 2.75) is 45.7 Å². The number of amides is 2. The zero-order chi connectivity index (χ0) is 14.0. The van der Waals surface area contributed by atoms with Gasteiger partial charge in [-0.2, -0.15) is 0 Å². The van der Waals surface area contributed by atoms with Gasteiger partial charge in [0.05, 0.1) is 6.61 Å². The lowest BCUT2D eigenvalue weighted by Crippen LogP contribution is -2.64. The Kier molecular flexibility index (Phi) is 4.45. The molecule has 19 heavy (non-hydrogen) atoms. The fourth-order valence-corrected chi connectivity index (χ4v) is 2.78. The number of nitrogens with zero attached hydrogens (tertiary/aromatic N) is 1. The smallest absolute Gasteiger partial charge is 0.246 e. The van der Waals surface area contributed by atoms with Crippen molar-refractivity contribution in [2.75, 3.05) is 19.8 Å². The monoisotopic (exact) mass is 268 g/mol. The van der Waals surface area contributed by atoms with E-state index in [1.54, 1.807) is 11.8 Å². The Morgan fingerprint density at radius 3 is 2.74 bits per heavy atom. The van der Waals surface area contributed by atoms with Gasteiger partial charge in [-0.15, -0.1) is 0 Å².